The van der Waals surface area contributed by atoms with E-state index in [2.05, 4.69) is 20.9 Å². The molecule has 2 aromatic rings. The second kappa shape index (κ2) is 7.27. The summed E-state index contributed by atoms with van der Waals surface area (Å²) in [5, 5.41) is 0.335. The van der Waals surface area contributed by atoms with E-state index >= 15 is 0 Å². The van der Waals surface area contributed by atoms with Gasteiger partial charge in [-0.1, -0.05) is 27.5 Å². The second-order valence-corrected chi connectivity index (χ2v) is 6.26. The van der Waals surface area contributed by atoms with Crippen molar-refractivity contribution in [1.29, 1.82) is 0 Å². The number of aromatic nitrogens is 1. The molecular weight excluding hydrogens is 387 g/mol. The molecule has 1 aromatic heterocycles. The lowest BCUT2D eigenvalue weighted by atomic mass is 10.1. The van der Waals surface area contributed by atoms with Gasteiger partial charge in [0, 0.05) is 17.7 Å². The van der Waals surface area contributed by atoms with Crippen molar-refractivity contribution in [1.82, 2.24) is 9.88 Å². The van der Waals surface area contributed by atoms with Crippen molar-refractivity contribution in [2.75, 3.05) is 14.2 Å². The van der Waals surface area contributed by atoms with E-state index in [4.69, 9.17) is 16.3 Å². The first-order chi connectivity index (χ1) is 10.8. The Morgan fingerprint density at radius 3 is 2.78 bits per heavy atom. The maximum absolute atomic E-state index is 13.5. The third kappa shape index (κ3) is 3.82. The van der Waals surface area contributed by atoms with Gasteiger partial charge >= 0.3 is 0 Å². The van der Waals surface area contributed by atoms with Crippen molar-refractivity contribution >= 4 is 33.4 Å². The Kier molecular flexibility index (Phi) is 5.59. The molecule has 0 saturated carbocycles. The monoisotopic (exact) mass is 400 g/mol. The first-order valence-electron chi connectivity index (χ1n) is 6.76. The molecule has 4 nitrogen and oxygen atoms in total. The largest absolute Gasteiger partial charge is 0.480 e. The van der Waals surface area contributed by atoms with Gasteiger partial charge in [-0.05, 0) is 36.8 Å². The molecule has 0 saturated heterocycles. The summed E-state index contributed by atoms with van der Waals surface area (Å²) in [4.78, 5) is 18.2. The highest BCUT2D eigenvalue weighted by Gasteiger charge is 2.24. The lowest BCUT2D eigenvalue weighted by Gasteiger charge is -2.26. The van der Waals surface area contributed by atoms with Crippen LogP contribution in [-0.2, 0) is 0 Å². The fourth-order valence-electron chi connectivity index (χ4n) is 2.15. The third-order valence-corrected chi connectivity index (χ3v) is 4.48. The van der Waals surface area contributed by atoms with Crippen molar-refractivity contribution in [3.05, 3.63) is 56.9 Å². The number of hydrogen-bond donors (Lipinski definition) is 0. The highest BCUT2D eigenvalue weighted by atomic mass is 79.9. The highest BCUT2D eigenvalue weighted by molar-refractivity contribution is 9.10. The summed E-state index contributed by atoms with van der Waals surface area (Å²) in [6, 6.07) is 5.50. The quantitative estimate of drug-likeness (QED) is 0.759. The van der Waals surface area contributed by atoms with Crippen LogP contribution in [0.25, 0.3) is 0 Å². The van der Waals surface area contributed by atoms with Crippen LogP contribution in [0.15, 0.2) is 34.9 Å². The lowest BCUT2D eigenvalue weighted by molar-refractivity contribution is 0.0737. The summed E-state index contributed by atoms with van der Waals surface area (Å²) in [7, 11) is 3.06. The van der Waals surface area contributed by atoms with Crippen LogP contribution >= 0.6 is 27.5 Å². The molecule has 0 aliphatic carbocycles. The highest BCUT2D eigenvalue weighted by Crippen LogP contribution is 2.30. The Morgan fingerprint density at radius 1 is 1.43 bits per heavy atom. The average Bonchev–Trinajstić information content (AvgIpc) is 2.55. The van der Waals surface area contributed by atoms with Crippen LogP contribution in [0.5, 0.6) is 5.88 Å². The van der Waals surface area contributed by atoms with Crippen LogP contribution in [0.3, 0.4) is 0 Å². The number of hydrogen-bond acceptors (Lipinski definition) is 3. The zero-order chi connectivity index (χ0) is 17.1. The first-order valence-corrected chi connectivity index (χ1v) is 7.94. The molecule has 1 heterocycles. The smallest absolute Gasteiger partial charge is 0.259 e. The zero-order valence-corrected chi connectivity index (χ0v) is 15.2. The number of ether oxygens (including phenoxy) is 1. The topological polar surface area (TPSA) is 42.4 Å². The molecular formula is C16H15BrClFN2O2. The van der Waals surface area contributed by atoms with Gasteiger partial charge in [0.1, 0.15) is 11.4 Å². The zero-order valence-electron chi connectivity index (χ0n) is 12.8. The normalized spacial score (nSPS) is 11.9. The predicted octanol–water partition coefficient (Wildman–Crippen LogP) is 4.48. The minimum Gasteiger partial charge on any atom is -0.480 e. The van der Waals surface area contributed by atoms with Gasteiger partial charge in [0.15, 0.2) is 0 Å². The molecule has 1 amide bonds. The molecule has 1 unspecified atom stereocenters. The lowest BCUT2D eigenvalue weighted by Crippen LogP contribution is -2.30. The van der Waals surface area contributed by atoms with E-state index in [9.17, 15) is 9.18 Å². The molecule has 2 rings (SSSR count). The van der Waals surface area contributed by atoms with Crippen LogP contribution in [0, 0.1) is 5.82 Å². The second-order valence-electron chi connectivity index (χ2n) is 4.97. The van der Waals surface area contributed by atoms with E-state index in [0.29, 0.717) is 10.6 Å². The van der Waals surface area contributed by atoms with E-state index in [1.54, 1.807) is 13.1 Å². The van der Waals surface area contributed by atoms with Gasteiger partial charge in [0.25, 0.3) is 5.91 Å². The Hall–Kier alpha value is -1.66. The fraction of sp³-hybridized carbons (Fsp3) is 0.250. The molecule has 1 aromatic carbocycles. The van der Waals surface area contributed by atoms with E-state index in [1.807, 2.05) is 6.92 Å². The van der Waals surface area contributed by atoms with Crippen molar-refractivity contribution in [3.8, 4) is 5.88 Å². The number of rotatable bonds is 4. The maximum Gasteiger partial charge on any atom is 0.259 e. The Bertz CT molecular complexity index is 742. The minimum absolute atomic E-state index is 0.191. The number of carbonyl (C=O) groups excluding carboxylic acids is 1. The van der Waals surface area contributed by atoms with E-state index in [-0.39, 0.29) is 29.2 Å². The SMILES string of the molecule is COc1ncc(Cl)cc1C(=O)N(C)C(C)c1cc(F)ccc1Br. The molecule has 0 aliphatic heterocycles. The van der Waals surface area contributed by atoms with E-state index in [1.165, 1.54) is 36.4 Å². The molecule has 0 fully saturated rings. The van der Waals surface area contributed by atoms with E-state index in [0.717, 1.165) is 4.47 Å². The summed E-state index contributed by atoms with van der Waals surface area (Å²) in [5.74, 6) is -0.491. The molecule has 0 spiro atoms. The number of nitrogens with zero attached hydrogens (tertiary/aromatic N) is 2. The van der Waals surface area contributed by atoms with Crippen LogP contribution < -0.4 is 4.74 Å². The summed E-state index contributed by atoms with van der Waals surface area (Å²) in [6.07, 6.45) is 1.41. The molecule has 0 aliphatic rings. The average molecular weight is 402 g/mol. The number of halogens is 3. The summed E-state index contributed by atoms with van der Waals surface area (Å²) in [6.45, 7) is 1.81. The van der Waals surface area contributed by atoms with Gasteiger partial charge in [0.2, 0.25) is 5.88 Å². The standard InChI is InChI=1S/C16H15BrClFN2O2/c1-9(12-7-11(19)4-5-14(12)17)21(2)16(22)13-6-10(18)8-20-15(13)23-3/h4-9H,1-3H3. The van der Waals surface area contributed by atoms with Crippen LogP contribution in [0.2, 0.25) is 5.02 Å². The number of benzene rings is 1. The fourth-order valence-corrected chi connectivity index (χ4v) is 2.89. The van der Waals surface area contributed by atoms with Gasteiger partial charge in [-0.2, -0.15) is 0 Å². The van der Waals surface area contributed by atoms with Crippen LogP contribution in [0.4, 0.5) is 4.39 Å². The Balaban J connectivity index is 2.36. The Labute approximate surface area is 147 Å². The van der Waals surface area contributed by atoms with Gasteiger partial charge in [-0.3, -0.25) is 4.79 Å². The van der Waals surface area contributed by atoms with Gasteiger partial charge in [0.05, 0.1) is 18.2 Å². The molecule has 23 heavy (non-hydrogen) atoms. The molecule has 0 N–H and O–H groups in total. The number of amides is 1. The summed E-state index contributed by atoms with van der Waals surface area (Å²) >= 11 is 9.30. The van der Waals surface area contributed by atoms with Crippen molar-refractivity contribution in [2.24, 2.45) is 0 Å². The molecule has 122 valence electrons. The Morgan fingerprint density at radius 2 is 2.13 bits per heavy atom. The third-order valence-electron chi connectivity index (χ3n) is 3.55. The predicted molar refractivity (Wildman–Crippen MR) is 90.4 cm³/mol. The van der Waals surface area contributed by atoms with Gasteiger partial charge in [-0.15, -0.1) is 0 Å². The van der Waals surface area contributed by atoms with E-state index < -0.39 is 0 Å². The molecule has 1 atom stereocenters. The van der Waals surface area contributed by atoms with Crippen LogP contribution in [-0.4, -0.2) is 29.9 Å². The summed E-state index contributed by atoms with van der Waals surface area (Å²) in [5.41, 5.74) is 0.914. The number of methoxy groups -OCH3 is 1. The number of carbonyl (C=O) groups is 1. The van der Waals surface area contributed by atoms with Crippen molar-refractivity contribution in [3.63, 3.8) is 0 Å². The summed E-state index contributed by atoms with van der Waals surface area (Å²) < 4.78 is 19.3. The minimum atomic E-state index is -0.365. The molecule has 7 heteroatoms. The van der Waals surface area contributed by atoms with Crippen molar-refractivity contribution in [2.45, 2.75) is 13.0 Å². The maximum atomic E-state index is 13.5. The number of pyridine rings is 1. The van der Waals surface area contributed by atoms with Crippen LogP contribution in [0.1, 0.15) is 28.9 Å². The van der Waals surface area contributed by atoms with Crippen molar-refractivity contribution < 1.29 is 13.9 Å². The molecule has 0 radical (unpaired) electrons. The molecule has 0 bridgehead atoms. The van der Waals surface area contributed by atoms with Gasteiger partial charge < -0.3 is 9.64 Å². The van der Waals surface area contributed by atoms with Gasteiger partial charge in [-0.25, -0.2) is 9.37 Å². The first kappa shape index (κ1) is 17.7.